The van der Waals surface area contributed by atoms with E-state index < -0.39 is 14.9 Å². The Bertz CT molecular complexity index is 1480. The first kappa shape index (κ1) is 22.7. The first-order chi connectivity index (χ1) is 16.3. The minimum atomic E-state index is -4.12. The second kappa shape index (κ2) is 9.19. The molecule has 0 bridgehead atoms. The van der Waals surface area contributed by atoms with Gasteiger partial charge in [0, 0.05) is 23.9 Å². The number of aromatic nitrogens is 2. The number of fused-ring (bicyclic) bond motifs is 1. The van der Waals surface area contributed by atoms with Crippen LogP contribution in [-0.2, 0) is 10.0 Å². The highest BCUT2D eigenvalue weighted by atomic mass is 32.2. The summed E-state index contributed by atoms with van der Waals surface area (Å²) in [6.07, 6.45) is 0. The van der Waals surface area contributed by atoms with Crippen molar-refractivity contribution < 1.29 is 22.8 Å². The number of benzene rings is 3. The van der Waals surface area contributed by atoms with E-state index in [1.54, 1.807) is 42.5 Å². The maximum atomic E-state index is 13.0. The molecule has 174 valence electrons. The predicted molar refractivity (Wildman–Crippen MR) is 126 cm³/mol. The van der Waals surface area contributed by atoms with Crippen LogP contribution in [0.2, 0.25) is 0 Å². The second-order valence-corrected chi connectivity index (χ2v) is 8.64. The minimum Gasteiger partial charge on any atom is -0.493 e. The summed E-state index contributed by atoms with van der Waals surface area (Å²) in [6.45, 7) is 0. The zero-order valence-electron chi connectivity index (χ0n) is 18.1. The lowest BCUT2D eigenvalue weighted by atomic mass is 10.2. The van der Waals surface area contributed by atoms with Gasteiger partial charge < -0.3 is 14.8 Å². The molecule has 0 saturated carbocycles. The number of methoxy groups -OCH3 is 2. The molecule has 0 saturated heterocycles. The number of nitrogens with one attached hydrogen (secondary N) is 2. The summed E-state index contributed by atoms with van der Waals surface area (Å²) in [5.74, 6) is 1.09. The van der Waals surface area contributed by atoms with Crippen LogP contribution in [-0.4, -0.2) is 37.5 Å². The summed E-state index contributed by atoms with van der Waals surface area (Å²) in [5, 5.41) is 13.9. The Balaban J connectivity index is 1.74. The maximum absolute atomic E-state index is 13.0. The highest BCUT2D eigenvalue weighted by Gasteiger charge is 2.20. The molecule has 0 fully saturated rings. The standard InChI is InChI=1S/C22H19N5O6S/c1-32-19-12-7-14(13-20(19)33-2)23-21-22(25-18-6-4-3-5-17(18)24-21)26-34(30,31)16-10-8-15(9-11-16)27(28)29/h3-13H,1-2H3,(H,23,24)(H,25,26). The van der Waals surface area contributed by atoms with Crippen LogP contribution < -0.4 is 19.5 Å². The third kappa shape index (κ3) is 4.66. The summed E-state index contributed by atoms with van der Waals surface area (Å²) in [4.78, 5) is 19.1. The van der Waals surface area contributed by atoms with E-state index in [9.17, 15) is 18.5 Å². The largest absolute Gasteiger partial charge is 0.493 e. The smallest absolute Gasteiger partial charge is 0.269 e. The Hall–Kier alpha value is -4.45. The highest BCUT2D eigenvalue weighted by molar-refractivity contribution is 7.92. The molecule has 0 aliphatic rings. The molecule has 12 heteroatoms. The minimum absolute atomic E-state index is 0.0492. The van der Waals surface area contributed by atoms with Crippen LogP contribution in [0.4, 0.5) is 23.0 Å². The van der Waals surface area contributed by atoms with E-state index in [0.29, 0.717) is 28.2 Å². The van der Waals surface area contributed by atoms with Crippen LogP contribution >= 0.6 is 0 Å². The van der Waals surface area contributed by atoms with Gasteiger partial charge in [0.25, 0.3) is 15.7 Å². The van der Waals surface area contributed by atoms with Crippen LogP contribution in [0.3, 0.4) is 0 Å². The number of anilines is 3. The first-order valence-corrected chi connectivity index (χ1v) is 11.3. The molecule has 11 nitrogen and oxygen atoms in total. The van der Waals surface area contributed by atoms with Gasteiger partial charge in [0.15, 0.2) is 23.1 Å². The summed E-state index contributed by atoms with van der Waals surface area (Å²) in [7, 11) is -1.10. The van der Waals surface area contributed by atoms with Crippen LogP contribution in [0.25, 0.3) is 11.0 Å². The highest BCUT2D eigenvalue weighted by Crippen LogP contribution is 2.33. The monoisotopic (exact) mass is 481 g/mol. The number of hydrogen-bond donors (Lipinski definition) is 2. The third-order valence-corrected chi connectivity index (χ3v) is 6.16. The molecular weight excluding hydrogens is 462 g/mol. The number of nitrogens with zero attached hydrogens (tertiary/aromatic N) is 3. The number of para-hydroxylation sites is 2. The molecule has 0 unspecified atom stereocenters. The summed E-state index contributed by atoms with van der Waals surface area (Å²) in [5.41, 5.74) is 1.35. The van der Waals surface area contributed by atoms with Gasteiger partial charge in [-0.25, -0.2) is 18.4 Å². The van der Waals surface area contributed by atoms with Gasteiger partial charge in [0.1, 0.15) is 0 Å². The number of sulfonamides is 1. The van der Waals surface area contributed by atoms with Gasteiger partial charge >= 0.3 is 0 Å². The van der Waals surface area contributed by atoms with Crippen molar-refractivity contribution in [2.24, 2.45) is 0 Å². The maximum Gasteiger partial charge on any atom is 0.269 e. The van der Waals surface area contributed by atoms with Crippen LogP contribution in [0.1, 0.15) is 0 Å². The Labute approximate surface area is 194 Å². The molecule has 2 N–H and O–H groups in total. The molecule has 4 aromatic rings. The van der Waals surface area contributed by atoms with Gasteiger partial charge in [-0.3, -0.25) is 14.8 Å². The lowest BCUT2D eigenvalue weighted by Crippen LogP contribution is -2.16. The average molecular weight is 481 g/mol. The quantitative estimate of drug-likeness (QED) is 0.280. The molecule has 4 rings (SSSR count). The van der Waals surface area contributed by atoms with Crippen molar-refractivity contribution in [1.82, 2.24) is 9.97 Å². The molecule has 0 amide bonds. The number of nitro groups is 1. The molecule has 1 aromatic heterocycles. The fourth-order valence-corrected chi connectivity index (χ4v) is 4.15. The van der Waals surface area contributed by atoms with E-state index in [2.05, 4.69) is 20.0 Å². The third-order valence-electron chi connectivity index (χ3n) is 4.81. The van der Waals surface area contributed by atoms with E-state index >= 15 is 0 Å². The lowest BCUT2D eigenvalue weighted by Gasteiger charge is -2.15. The lowest BCUT2D eigenvalue weighted by molar-refractivity contribution is -0.384. The fraction of sp³-hybridized carbons (Fsp3) is 0.0909. The molecule has 0 aliphatic heterocycles. The van der Waals surface area contributed by atoms with E-state index in [-0.39, 0.29) is 22.2 Å². The van der Waals surface area contributed by atoms with Gasteiger partial charge in [-0.2, -0.15) is 0 Å². The summed E-state index contributed by atoms with van der Waals surface area (Å²) < 4.78 is 39.0. The van der Waals surface area contributed by atoms with Crippen molar-refractivity contribution in [3.8, 4) is 11.5 Å². The number of ether oxygens (including phenoxy) is 2. The fourth-order valence-electron chi connectivity index (χ4n) is 3.14. The van der Waals surface area contributed by atoms with E-state index in [4.69, 9.17) is 9.47 Å². The molecular formula is C22H19N5O6S. The number of non-ortho nitro benzene ring substituents is 1. The van der Waals surface area contributed by atoms with Crippen LogP contribution in [0.5, 0.6) is 11.5 Å². The Kier molecular flexibility index (Phi) is 6.15. The molecule has 34 heavy (non-hydrogen) atoms. The van der Waals surface area contributed by atoms with Gasteiger partial charge in [-0.1, -0.05) is 12.1 Å². The van der Waals surface area contributed by atoms with Crippen molar-refractivity contribution >= 4 is 44.1 Å². The predicted octanol–water partition coefficient (Wildman–Crippen LogP) is 4.10. The van der Waals surface area contributed by atoms with Crippen LogP contribution in [0, 0.1) is 10.1 Å². The Morgan fingerprint density at radius 3 is 2.06 bits per heavy atom. The van der Waals surface area contributed by atoms with Crippen molar-refractivity contribution in [1.29, 1.82) is 0 Å². The first-order valence-electron chi connectivity index (χ1n) is 9.84. The van der Waals surface area contributed by atoms with E-state index in [1.807, 2.05) is 0 Å². The molecule has 0 aliphatic carbocycles. The normalized spacial score (nSPS) is 11.1. The van der Waals surface area contributed by atoms with Gasteiger partial charge in [0.2, 0.25) is 0 Å². The Morgan fingerprint density at radius 1 is 0.853 bits per heavy atom. The SMILES string of the molecule is COc1ccc(Nc2nc3ccccc3nc2NS(=O)(=O)c2ccc([N+](=O)[O-])cc2)cc1OC. The summed E-state index contributed by atoms with van der Waals surface area (Å²) >= 11 is 0. The molecule has 0 atom stereocenters. The molecule has 0 spiro atoms. The molecule has 1 heterocycles. The van der Waals surface area contributed by atoms with Crippen molar-refractivity contribution in [2.75, 3.05) is 24.3 Å². The second-order valence-electron chi connectivity index (χ2n) is 6.96. The van der Waals surface area contributed by atoms with Crippen molar-refractivity contribution in [3.63, 3.8) is 0 Å². The molecule has 0 radical (unpaired) electrons. The number of hydrogen-bond acceptors (Lipinski definition) is 9. The number of nitro benzene ring substituents is 1. The van der Waals surface area contributed by atoms with Gasteiger partial charge in [-0.05, 0) is 36.4 Å². The van der Waals surface area contributed by atoms with Crippen molar-refractivity contribution in [2.45, 2.75) is 4.90 Å². The van der Waals surface area contributed by atoms with Gasteiger partial charge in [0.05, 0.1) is 35.1 Å². The average Bonchev–Trinajstić information content (AvgIpc) is 2.84. The Morgan fingerprint density at radius 2 is 1.47 bits per heavy atom. The van der Waals surface area contributed by atoms with E-state index in [1.165, 1.54) is 14.2 Å². The number of rotatable bonds is 8. The zero-order chi connectivity index (χ0) is 24.3. The van der Waals surface area contributed by atoms with E-state index in [0.717, 1.165) is 24.3 Å². The zero-order valence-corrected chi connectivity index (χ0v) is 18.9. The topological polar surface area (TPSA) is 146 Å². The molecule has 3 aromatic carbocycles. The van der Waals surface area contributed by atoms with Crippen molar-refractivity contribution in [3.05, 3.63) is 76.8 Å². The summed E-state index contributed by atoms with van der Waals surface area (Å²) in [6, 6.07) is 16.6. The van der Waals surface area contributed by atoms with Crippen LogP contribution in [0.15, 0.2) is 71.6 Å². The van der Waals surface area contributed by atoms with Gasteiger partial charge in [-0.15, -0.1) is 0 Å².